The molecular formula is C14H14BrN3O2. The van der Waals surface area contributed by atoms with E-state index in [9.17, 15) is 9.59 Å². The summed E-state index contributed by atoms with van der Waals surface area (Å²) in [5.41, 5.74) is 1.65. The Hall–Kier alpha value is -1.95. The lowest BCUT2D eigenvalue weighted by Gasteiger charge is -2.08. The summed E-state index contributed by atoms with van der Waals surface area (Å²) in [6, 6.07) is 5.43. The largest absolute Gasteiger partial charge is 0.322 e. The fourth-order valence-corrected chi connectivity index (χ4v) is 2.16. The molecule has 1 heterocycles. The molecule has 1 aromatic carbocycles. The predicted molar refractivity (Wildman–Crippen MR) is 81.2 cm³/mol. The van der Waals surface area contributed by atoms with Crippen LogP contribution in [-0.4, -0.2) is 15.9 Å². The Kier molecular flexibility index (Phi) is 4.04. The molecule has 104 valence electrons. The summed E-state index contributed by atoms with van der Waals surface area (Å²) < 4.78 is 0.960. The van der Waals surface area contributed by atoms with Gasteiger partial charge in [-0.2, -0.15) is 0 Å². The van der Waals surface area contributed by atoms with E-state index in [0.717, 1.165) is 10.0 Å². The van der Waals surface area contributed by atoms with Crippen LogP contribution in [0, 0.1) is 20.8 Å². The molecule has 1 amide bonds. The molecule has 20 heavy (non-hydrogen) atoms. The number of hydrogen-bond donors (Lipinski definition) is 2. The Balaban J connectivity index is 2.33. The van der Waals surface area contributed by atoms with Crippen LogP contribution < -0.4 is 10.9 Å². The summed E-state index contributed by atoms with van der Waals surface area (Å²) in [5, 5.41) is 2.71. The lowest BCUT2D eigenvalue weighted by molar-refractivity contribution is 0.102. The second-order valence-corrected chi connectivity index (χ2v) is 5.38. The maximum Gasteiger partial charge on any atom is 0.264 e. The highest BCUT2D eigenvalue weighted by Crippen LogP contribution is 2.20. The lowest BCUT2D eigenvalue weighted by atomic mass is 10.2. The van der Waals surface area contributed by atoms with Gasteiger partial charge in [-0.05, 0) is 44.5 Å². The molecule has 0 saturated heterocycles. The van der Waals surface area contributed by atoms with Gasteiger partial charge in [-0.25, -0.2) is 4.98 Å². The molecule has 0 saturated carbocycles. The number of carbonyl (C=O) groups excluding carboxylic acids is 1. The van der Waals surface area contributed by atoms with Crippen molar-refractivity contribution in [2.45, 2.75) is 20.8 Å². The number of anilines is 1. The van der Waals surface area contributed by atoms with Gasteiger partial charge in [0.25, 0.3) is 11.5 Å². The number of carbonyl (C=O) groups is 1. The molecule has 5 nitrogen and oxygen atoms in total. The van der Waals surface area contributed by atoms with Crippen LogP contribution in [0.2, 0.25) is 0 Å². The number of benzene rings is 1. The smallest absolute Gasteiger partial charge is 0.264 e. The van der Waals surface area contributed by atoms with Gasteiger partial charge < -0.3 is 10.3 Å². The standard InChI is InChI=1S/C14H14BrN3O2/c1-7-6-10(4-5-11(7)15)18-14(20)12-8(2)16-9(3)17-13(12)19/h4-6H,1-3H3,(H,18,20)(H,16,17,19). The van der Waals surface area contributed by atoms with Crippen LogP contribution in [0.1, 0.15) is 27.4 Å². The summed E-state index contributed by atoms with van der Waals surface area (Å²) in [6.45, 7) is 5.24. The van der Waals surface area contributed by atoms with Gasteiger partial charge in [0.1, 0.15) is 11.4 Å². The predicted octanol–water partition coefficient (Wildman–Crippen LogP) is 2.71. The Morgan fingerprint density at radius 2 is 2.00 bits per heavy atom. The van der Waals surface area contributed by atoms with Gasteiger partial charge in [-0.15, -0.1) is 0 Å². The van der Waals surface area contributed by atoms with E-state index in [4.69, 9.17) is 0 Å². The number of nitrogens with zero attached hydrogens (tertiary/aromatic N) is 1. The fraction of sp³-hybridized carbons (Fsp3) is 0.214. The van der Waals surface area contributed by atoms with Crippen molar-refractivity contribution in [3.05, 3.63) is 55.7 Å². The van der Waals surface area contributed by atoms with Crippen molar-refractivity contribution < 1.29 is 4.79 Å². The van der Waals surface area contributed by atoms with Gasteiger partial charge in [0.2, 0.25) is 0 Å². The average molecular weight is 336 g/mol. The van der Waals surface area contributed by atoms with Gasteiger partial charge in [0, 0.05) is 10.2 Å². The molecule has 0 atom stereocenters. The van der Waals surface area contributed by atoms with Crippen molar-refractivity contribution in [1.82, 2.24) is 9.97 Å². The Morgan fingerprint density at radius 3 is 2.60 bits per heavy atom. The van der Waals surface area contributed by atoms with E-state index >= 15 is 0 Å². The molecule has 0 aliphatic carbocycles. The molecule has 2 aromatic rings. The first-order chi connectivity index (χ1) is 9.38. The summed E-state index contributed by atoms with van der Waals surface area (Å²) >= 11 is 3.39. The summed E-state index contributed by atoms with van der Waals surface area (Å²) in [6.07, 6.45) is 0. The highest BCUT2D eigenvalue weighted by molar-refractivity contribution is 9.10. The SMILES string of the molecule is Cc1nc(C)c(C(=O)Nc2ccc(Br)c(C)c2)c(=O)[nH]1. The monoisotopic (exact) mass is 335 g/mol. The molecule has 0 radical (unpaired) electrons. The zero-order chi connectivity index (χ0) is 14.9. The summed E-state index contributed by atoms with van der Waals surface area (Å²) in [5.74, 6) is 0.0292. The number of amides is 1. The normalized spacial score (nSPS) is 10.4. The first-order valence-electron chi connectivity index (χ1n) is 6.03. The summed E-state index contributed by atoms with van der Waals surface area (Å²) in [7, 11) is 0. The van der Waals surface area contributed by atoms with Gasteiger partial charge in [0.05, 0.1) is 5.69 Å². The third-order valence-electron chi connectivity index (χ3n) is 2.86. The van der Waals surface area contributed by atoms with Crippen LogP contribution in [-0.2, 0) is 0 Å². The number of rotatable bonds is 2. The van der Waals surface area contributed by atoms with Crippen LogP contribution >= 0.6 is 15.9 Å². The molecule has 2 N–H and O–H groups in total. The van der Waals surface area contributed by atoms with E-state index in [1.807, 2.05) is 19.1 Å². The molecule has 6 heteroatoms. The van der Waals surface area contributed by atoms with Crippen molar-refractivity contribution in [1.29, 1.82) is 0 Å². The van der Waals surface area contributed by atoms with E-state index in [2.05, 4.69) is 31.2 Å². The minimum atomic E-state index is -0.460. The zero-order valence-corrected chi connectivity index (χ0v) is 13.0. The first-order valence-corrected chi connectivity index (χ1v) is 6.83. The third kappa shape index (κ3) is 2.96. The van der Waals surface area contributed by atoms with Crippen molar-refractivity contribution >= 4 is 27.5 Å². The Morgan fingerprint density at radius 1 is 1.30 bits per heavy atom. The van der Waals surface area contributed by atoms with Crippen LogP contribution in [0.25, 0.3) is 0 Å². The highest BCUT2D eigenvalue weighted by Gasteiger charge is 2.15. The molecule has 0 bridgehead atoms. The van der Waals surface area contributed by atoms with Crippen LogP contribution in [0.4, 0.5) is 5.69 Å². The van der Waals surface area contributed by atoms with Gasteiger partial charge in [0.15, 0.2) is 0 Å². The van der Waals surface area contributed by atoms with Crippen molar-refractivity contribution in [2.75, 3.05) is 5.32 Å². The Labute approximate surface area is 124 Å². The Bertz CT molecular complexity index is 738. The number of aryl methyl sites for hydroxylation is 3. The van der Waals surface area contributed by atoms with E-state index in [-0.39, 0.29) is 5.56 Å². The highest BCUT2D eigenvalue weighted by atomic mass is 79.9. The van der Waals surface area contributed by atoms with E-state index in [1.165, 1.54) is 0 Å². The zero-order valence-electron chi connectivity index (χ0n) is 11.4. The van der Waals surface area contributed by atoms with E-state index in [1.54, 1.807) is 19.9 Å². The number of H-pyrrole nitrogens is 1. The van der Waals surface area contributed by atoms with E-state index < -0.39 is 11.5 Å². The molecule has 0 aliphatic rings. The number of aromatic nitrogens is 2. The number of aromatic amines is 1. The van der Waals surface area contributed by atoms with Gasteiger partial charge in [-0.3, -0.25) is 9.59 Å². The first kappa shape index (κ1) is 14.5. The van der Waals surface area contributed by atoms with Crippen molar-refractivity contribution in [3.8, 4) is 0 Å². The molecule has 0 aliphatic heterocycles. The number of nitrogens with one attached hydrogen (secondary N) is 2. The minimum absolute atomic E-state index is 0.0381. The lowest BCUT2D eigenvalue weighted by Crippen LogP contribution is -2.26. The molecule has 0 unspecified atom stereocenters. The van der Waals surface area contributed by atoms with E-state index in [0.29, 0.717) is 17.2 Å². The van der Waals surface area contributed by atoms with Crippen LogP contribution in [0.3, 0.4) is 0 Å². The fourth-order valence-electron chi connectivity index (χ4n) is 1.91. The number of hydrogen-bond acceptors (Lipinski definition) is 3. The molecule has 1 aromatic heterocycles. The van der Waals surface area contributed by atoms with Crippen LogP contribution in [0.5, 0.6) is 0 Å². The maximum absolute atomic E-state index is 12.2. The van der Waals surface area contributed by atoms with Crippen molar-refractivity contribution in [2.24, 2.45) is 0 Å². The van der Waals surface area contributed by atoms with Gasteiger partial charge >= 0.3 is 0 Å². The summed E-state index contributed by atoms with van der Waals surface area (Å²) in [4.78, 5) is 30.7. The quantitative estimate of drug-likeness (QED) is 0.885. The molecular weight excluding hydrogens is 322 g/mol. The minimum Gasteiger partial charge on any atom is -0.322 e. The third-order valence-corrected chi connectivity index (χ3v) is 3.75. The maximum atomic E-state index is 12.2. The van der Waals surface area contributed by atoms with Crippen LogP contribution in [0.15, 0.2) is 27.5 Å². The average Bonchev–Trinajstić information content (AvgIpc) is 2.32. The second kappa shape index (κ2) is 5.58. The molecule has 0 spiro atoms. The molecule has 2 rings (SSSR count). The topological polar surface area (TPSA) is 74.8 Å². The molecule has 0 fully saturated rings. The van der Waals surface area contributed by atoms with Gasteiger partial charge in [-0.1, -0.05) is 15.9 Å². The number of halogens is 1. The van der Waals surface area contributed by atoms with Crippen molar-refractivity contribution in [3.63, 3.8) is 0 Å². The second-order valence-electron chi connectivity index (χ2n) is 4.53.